The Labute approximate surface area is 111 Å². The average molecular weight is 250 g/mol. The van der Waals surface area contributed by atoms with Crippen molar-refractivity contribution in [3.63, 3.8) is 0 Å². The fraction of sp³-hybridized carbons (Fsp3) is 0.600. The van der Waals surface area contributed by atoms with Crippen LogP contribution in [0.25, 0.3) is 0 Å². The number of ether oxygens (including phenoxy) is 1. The fourth-order valence-electron chi connectivity index (χ4n) is 2.26. The van der Waals surface area contributed by atoms with Crippen LogP contribution in [0.15, 0.2) is 12.1 Å². The first-order valence-corrected chi connectivity index (χ1v) is 6.44. The molecule has 102 valence electrons. The monoisotopic (exact) mass is 250 g/mol. The standard InChI is InChI=1S/C15H26N2O/c1-10-8-11(2)14(13(9-10)18-5)12(16)6-7-15(3,4)17/h8-9,12H,6-7,16-17H2,1-5H3. The van der Waals surface area contributed by atoms with Gasteiger partial charge in [-0.2, -0.15) is 0 Å². The summed E-state index contributed by atoms with van der Waals surface area (Å²) in [6.07, 6.45) is 1.76. The maximum atomic E-state index is 6.29. The molecule has 1 unspecified atom stereocenters. The van der Waals surface area contributed by atoms with Crippen molar-refractivity contribution >= 4 is 0 Å². The molecule has 0 aliphatic heterocycles. The molecule has 0 bridgehead atoms. The summed E-state index contributed by atoms with van der Waals surface area (Å²) in [4.78, 5) is 0. The second kappa shape index (κ2) is 5.72. The predicted molar refractivity (Wildman–Crippen MR) is 76.9 cm³/mol. The van der Waals surface area contributed by atoms with Gasteiger partial charge in [0.25, 0.3) is 0 Å². The summed E-state index contributed by atoms with van der Waals surface area (Å²) in [7, 11) is 1.69. The lowest BCUT2D eigenvalue weighted by Gasteiger charge is -2.23. The van der Waals surface area contributed by atoms with Crippen LogP contribution in [0, 0.1) is 13.8 Å². The van der Waals surface area contributed by atoms with E-state index >= 15 is 0 Å². The van der Waals surface area contributed by atoms with Crippen molar-refractivity contribution in [3.8, 4) is 5.75 Å². The largest absolute Gasteiger partial charge is 0.496 e. The Morgan fingerprint density at radius 2 is 1.89 bits per heavy atom. The summed E-state index contributed by atoms with van der Waals surface area (Å²) < 4.78 is 5.45. The van der Waals surface area contributed by atoms with Gasteiger partial charge in [0.2, 0.25) is 0 Å². The third-order valence-electron chi connectivity index (χ3n) is 3.18. The Kier molecular flexibility index (Phi) is 4.77. The Morgan fingerprint density at radius 3 is 2.39 bits per heavy atom. The molecular weight excluding hydrogens is 224 g/mol. The molecule has 1 atom stereocenters. The van der Waals surface area contributed by atoms with Gasteiger partial charge >= 0.3 is 0 Å². The van der Waals surface area contributed by atoms with Crippen LogP contribution in [0.3, 0.4) is 0 Å². The van der Waals surface area contributed by atoms with Crippen LogP contribution in [-0.4, -0.2) is 12.6 Å². The zero-order chi connectivity index (χ0) is 13.9. The highest BCUT2D eigenvalue weighted by molar-refractivity contribution is 5.44. The number of hydrogen-bond donors (Lipinski definition) is 2. The van der Waals surface area contributed by atoms with E-state index in [-0.39, 0.29) is 11.6 Å². The van der Waals surface area contributed by atoms with Gasteiger partial charge in [0.15, 0.2) is 0 Å². The Balaban J connectivity index is 2.94. The minimum atomic E-state index is -0.177. The van der Waals surface area contributed by atoms with E-state index in [0.717, 1.165) is 24.2 Å². The van der Waals surface area contributed by atoms with Crippen LogP contribution in [0.5, 0.6) is 5.75 Å². The van der Waals surface area contributed by atoms with Gasteiger partial charge in [0.1, 0.15) is 5.75 Å². The summed E-state index contributed by atoms with van der Waals surface area (Å²) >= 11 is 0. The van der Waals surface area contributed by atoms with Gasteiger partial charge in [-0.15, -0.1) is 0 Å². The van der Waals surface area contributed by atoms with Crippen molar-refractivity contribution in [1.29, 1.82) is 0 Å². The molecule has 0 radical (unpaired) electrons. The molecular formula is C15H26N2O. The molecule has 0 aliphatic rings. The number of rotatable bonds is 5. The highest BCUT2D eigenvalue weighted by Gasteiger charge is 2.18. The topological polar surface area (TPSA) is 61.3 Å². The van der Waals surface area contributed by atoms with E-state index in [2.05, 4.69) is 19.9 Å². The minimum Gasteiger partial charge on any atom is -0.496 e. The molecule has 0 saturated heterocycles. The van der Waals surface area contributed by atoms with E-state index in [1.807, 2.05) is 19.9 Å². The van der Waals surface area contributed by atoms with Crippen molar-refractivity contribution in [2.45, 2.75) is 52.1 Å². The van der Waals surface area contributed by atoms with E-state index < -0.39 is 0 Å². The van der Waals surface area contributed by atoms with E-state index in [4.69, 9.17) is 16.2 Å². The number of methoxy groups -OCH3 is 1. The van der Waals surface area contributed by atoms with Crippen molar-refractivity contribution in [1.82, 2.24) is 0 Å². The quantitative estimate of drug-likeness (QED) is 0.844. The Morgan fingerprint density at radius 1 is 1.28 bits per heavy atom. The molecule has 3 heteroatoms. The third kappa shape index (κ3) is 4.00. The van der Waals surface area contributed by atoms with E-state index in [9.17, 15) is 0 Å². The Hall–Kier alpha value is -1.06. The van der Waals surface area contributed by atoms with Gasteiger partial charge in [0, 0.05) is 17.1 Å². The molecule has 0 spiro atoms. The van der Waals surface area contributed by atoms with Gasteiger partial charge in [0.05, 0.1) is 7.11 Å². The molecule has 18 heavy (non-hydrogen) atoms. The maximum absolute atomic E-state index is 6.29. The summed E-state index contributed by atoms with van der Waals surface area (Å²) in [5.41, 5.74) is 15.6. The first-order valence-electron chi connectivity index (χ1n) is 6.44. The normalized spacial score (nSPS) is 13.5. The fourth-order valence-corrected chi connectivity index (χ4v) is 2.26. The molecule has 0 aromatic heterocycles. The molecule has 1 rings (SSSR count). The van der Waals surface area contributed by atoms with Crippen LogP contribution in [-0.2, 0) is 0 Å². The average Bonchev–Trinajstić information content (AvgIpc) is 2.23. The third-order valence-corrected chi connectivity index (χ3v) is 3.18. The van der Waals surface area contributed by atoms with Crippen LogP contribution >= 0.6 is 0 Å². The first-order chi connectivity index (χ1) is 8.24. The smallest absolute Gasteiger partial charge is 0.124 e. The lowest BCUT2D eigenvalue weighted by molar-refractivity contribution is 0.393. The van der Waals surface area contributed by atoms with Gasteiger partial charge in [-0.05, 0) is 57.7 Å². The van der Waals surface area contributed by atoms with Gasteiger partial charge in [-0.1, -0.05) is 6.07 Å². The molecule has 0 fully saturated rings. The van der Waals surface area contributed by atoms with Gasteiger partial charge in [-0.25, -0.2) is 0 Å². The van der Waals surface area contributed by atoms with Crippen molar-refractivity contribution in [2.24, 2.45) is 11.5 Å². The first kappa shape index (κ1) is 15.0. The van der Waals surface area contributed by atoms with Gasteiger partial charge in [-0.3, -0.25) is 0 Å². The number of aryl methyl sites for hydroxylation is 2. The van der Waals surface area contributed by atoms with Crippen LogP contribution in [0.4, 0.5) is 0 Å². The van der Waals surface area contributed by atoms with Gasteiger partial charge < -0.3 is 16.2 Å². The van der Waals surface area contributed by atoms with Crippen molar-refractivity contribution in [3.05, 3.63) is 28.8 Å². The lowest BCUT2D eigenvalue weighted by atomic mass is 9.91. The molecule has 0 amide bonds. The predicted octanol–water partition coefficient (Wildman–Crippen LogP) is 2.83. The van der Waals surface area contributed by atoms with E-state index in [0.29, 0.717) is 0 Å². The second-order valence-corrected chi connectivity index (χ2v) is 5.83. The van der Waals surface area contributed by atoms with Crippen LogP contribution < -0.4 is 16.2 Å². The molecule has 0 heterocycles. The molecule has 0 aliphatic carbocycles. The SMILES string of the molecule is COc1cc(C)cc(C)c1C(N)CCC(C)(C)N. The summed E-state index contributed by atoms with van der Waals surface area (Å²) in [5.74, 6) is 0.884. The lowest BCUT2D eigenvalue weighted by Crippen LogP contribution is -2.33. The zero-order valence-corrected chi connectivity index (χ0v) is 12.2. The minimum absolute atomic E-state index is 0.0247. The molecule has 3 nitrogen and oxygen atoms in total. The summed E-state index contributed by atoms with van der Waals surface area (Å²) in [5, 5.41) is 0. The molecule has 1 aromatic carbocycles. The van der Waals surface area contributed by atoms with E-state index in [1.165, 1.54) is 11.1 Å². The number of benzene rings is 1. The van der Waals surface area contributed by atoms with E-state index in [1.54, 1.807) is 7.11 Å². The van der Waals surface area contributed by atoms with Crippen molar-refractivity contribution < 1.29 is 4.74 Å². The van der Waals surface area contributed by atoms with Crippen LogP contribution in [0.1, 0.15) is 49.4 Å². The zero-order valence-electron chi connectivity index (χ0n) is 12.2. The molecule has 1 aromatic rings. The Bertz CT molecular complexity index is 408. The maximum Gasteiger partial charge on any atom is 0.124 e. The van der Waals surface area contributed by atoms with Crippen molar-refractivity contribution in [2.75, 3.05) is 7.11 Å². The molecule has 0 saturated carbocycles. The summed E-state index contributed by atoms with van der Waals surface area (Å²) in [6, 6.07) is 4.16. The number of hydrogen-bond acceptors (Lipinski definition) is 3. The molecule has 4 N–H and O–H groups in total. The number of nitrogens with two attached hydrogens (primary N) is 2. The van der Waals surface area contributed by atoms with Crippen LogP contribution in [0.2, 0.25) is 0 Å². The second-order valence-electron chi connectivity index (χ2n) is 5.83. The highest BCUT2D eigenvalue weighted by atomic mass is 16.5. The highest BCUT2D eigenvalue weighted by Crippen LogP contribution is 2.31. The summed E-state index contributed by atoms with van der Waals surface area (Å²) in [6.45, 7) is 8.20.